The van der Waals surface area contributed by atoms with Gasteiger partial charge < -0.3 is 4.74 Å². The highest BCUT2D eigenvalue weighted by Gasteiger charge is 2.12. The smallest absolute Gasteiger partial charge is 0.259 e. The number of nitrogens with one attached hydrogen (secondary N) is 1. The summed E-state index contributed by atoms with van der Waals surface area (Å²) in [5.41, 5.74) is 1.41. The van der Waals surface area contributed by atoms with E-state index >= 15 is 0 Å². The zero-order valence-corrected chi connectivity index (χ0v) is 14.8. The van der Waals surface area contributed by atoms with Gasteiger partial charge in [-0.05, 0) is 35.9 Å². The molecule has 3 aromatic rings. The van der Waals surface area contributed by atoms with Crippen LogP contribution in [0, 0.1) is 0 Å². The van der Waals surface area contributed by atoms with Crippen LogP contribution >= 0.6 is 22.9 Å². The third-order valence-electron chi connectivity index (χ3n) is 3.31. The van der Waals surface area contributed by atoms with Gasteiger partial charge in [0.2, 0.25) is 5.13 Å². The first-order valence-corrected chi connectivity index (χ1v) is 8.56. The van der Waals surface area contributed by atoms with Crippen LogP contribution in [0.4, 0.5) is 5.13 Å². The van der Waals surface area contributed by atoms with Crippen molar-refractivity contribution in [3.8, 4) is 5.75 Å². The number of carbonyl (C=O) groups is 1. The van der Waals surface area contributed by atoms with Gasteiger partial charge in [0.05, 0.1) is 17.7 Å². The number of rotatable bonds is 5. The van der Waals surface area contributed by atoms with Crippen molar-refractivity contribution in [1.29, 1.82) is 0 Å². The summed E-state index contributed by atoms with van der Waals surface area (Å²) in [6, 6.07) is 14.5. The Morgan fingerprint density at radius 2 is 1.88 bits per heavy atom. The Kier molecular flexibility index (Phi) is 5.42. The highest BCUT2D eigenvalue weighted by molar-refractivity contribution is 7.16. The van der Waals surface area contributed by atoms with Crippen LogP contribution in [0.25, 0.3) is 12.2 Å². The fraction of sp³-hybridized carbons (Fsp3) is 0.0556. The maximum absolute atomic E-state index is 12.2. The molecule has 5 nitrogen and oxygen atoms in total. The molecule has 1 aromatic heterocycles. The molecular weight excluding hydrogens is 358 g/mol. The molecule has 7 heteroatoms. The normalized spacial score (nSPS) is 10.8. The van der Waals surface area contributed by atoms with E-state index in [0.717, 1.165) is 11.3 Å². The molecule has 126 valence electrons. The molecule has 0 radical (unpaired) electrons. The average Bonchev–Trinajstić information content (AvgIpc) is 3.08. The van der Waals surface area contributed by atoms with E-state index in [9.17, 15) is 4.79 Å². The number of hydrogen-bond donors (Lipinski definition) is 1. The maximum Gasteiger partial charge on any atom is 0.259 e. The Bertz CT molecular complexity index is 907. The second kappa shape index (κ2) is 7.92. The first kappa shape index (κ1) is 17.1. The standard InChI is InChI=1S/C18H14ClN3O2S/c1-24-13-9-6-12(7-10-13)8-11-16-21-22-18(25-16)20-17(23)14-4-2-3-5-15(14)19/h2-11H,1H3,(H,20,22,23). The van der Waals surface area contributed by atoms with Crippen molar-refractivity contribution in [3.63, 3.8) is 0 Å². The molecule has 25 heavy (non-hydrogen) atoms. The van der Waals surface area contributed by atoms with Crippen molar-refractivity contribution in [2.75, 3.05) is 12.4 Å². The van der Waals surface area contributed by atoms with Crippen molar-refractivity contribution in [3.05, 3.63) is 69.7 Å². The lowest BCUT2D eigenvalue weighted by molar-refractivity contribution is 0.102. The van der Waals surface area contributed by atoms with Gasteiger partial charge in [0.15, 0.2) is 0 Å². The summed E-state index contributed by atoms with van der Waals surface area (Å²) in [6.07, 6.45) is 3.75. The molecule has 0 unspecified atom stereocenters. The van der Waals surface area contributed by atoms with Crippen LogP contribution in [0.5, 0.6) is 5.75 Å². The largest absolute Gasteiger partial charge is 0.497 e. The van der Waals surface area contributed by atoms with Crippen molar-refractivity contribution < 1.29 is 9.53 Å². The lowest BCUT2D eigenvalue weighted by atomic mass is 10.2. The number of nitrogens with zero attached hydrogens (tertiary/aromatic N) is 2. The fourth-order valence-electron chi connectivity index (χ4n) is 2.04. The fourth-order valence-corrected chi connectivity index (χ4v) is 2.91. The summed E-state index contributed by atoms with van der Waals surface area (Å²) < 4.78 is 5.12. The zero-order valence-electron chi connectivity index (χ0n) is 13.3. The number of carbonyl (C=O) groups excluding carboxylic acids is 1. The SMILES string of the molecule is COc1ccc(C=Cc2nnc(NC(=O)c3ccccc3Cl)s2)cc1. The number of benzene rings is 2. The maximum atomic E-state index is 12.2. The number of halogens is 1. The summed E-state index contributed by atoms with van der Waals surface area (Å²) in [7, 11) is 1.63. The number of methoxy groups -OCH3 is 1. The van der Waals surface area contributed by atoms with Crippen LogP contribution in [0.15, 0.2) is 48.5 Å². The topological polar surface area (TPSA) is 64.1 Å². The minimum Gasteiger partial charge on any atom is -0.497 e. The molecule has 0 aliphatic carbocycles. The molecule has 0 fully saturated rings. The molecule has 0 spiro atoms. The predicted octanol–water partition coefficient (Wildman–Crippen LogP) is 4.62. The van der Waals surface area contributed by atoms with Crippen molar-refractivity contribution in [2.45, 2.75) is 0 Å². The Balaban J connectivity index is 1.66. The summed E-state index contributed by atoms with van der Waals surface area (Å²) in [5, 5.41) is 12.2. The minimum absolute atomic E-state index is 0.313. The molecule has 0 atom stereocenters. The molecule has 0 aliphatic heterocycles. The van der Waals surface area contributed by atoms with Gasteiger partial charge in [-0.15, -0.1) is 10.2 Å². The van der Waals surface area contributed by atoms with Crippen LogP contribution in [0.1, 0.15) is 20.9 Å². The Hall–Kier alpha value is -2.70. The summed E-state index contributed by atoms with van der Waals surface area (Å²) in [6.45, 7) is 0. The summed E-state index contributed by atoms with van der Waals surface area (Å²) in [4.78, 5) is 12.2. The first-order chi connectivity index (χ1) is 12.2. The second-order valence-electron chi connectivity index (χ2n) is 4.99. The van der Waals surface area contributed by atoms with Crippen LogP contribution in [-0.2, 0) is 0 Å². The number of ether oxygens (including phenoxy) is 1. The highest BCUT2D eigenvalue weighted by Crippen LogP contribution is 2.21. The van der Waals surface area contributed by atoms with Gasteiger partial charge in [-0.2, -0.15) is 0 Å². The molecule has 1 amide bonds. The highest BCUT2D eigenvalue weighted by atomic mass is 35.5. The van der Waals surface area contributed by atoms with E-state index in [1.807, 2.05) is 36.4 Å². The van der Waals surface area contributed by atoms with Gasteiger partial charge in [0.25, 0.3) is 5.91 Å². The van der Waals surface area contributed by atoms with Crippen molar-refractivity contribution in [2.24, 2.45) is 0 Å². The van der Waals surface area contributed by atoms with E-state index in [1.165, 1.54) is 11.3 Å². The van der Waals surface area contributed by atoms with Gasteiger partial charge in [-0.3, -0.25) is 10.1 Å². The third-order valence-corrected chi connectivity index (χ3v) is 4.45. The van der Waals surface area contributed by atoms with Crippen LogP contribution in [-0.4, -0.2) is 23.2 Å². The van der Waals surface area contributed by atoms with Crippen LogP contribution in [0.3, 0.4) is 0 Å². The number of amides is 1. The molecule has 0 saturated carbocycles. The Morgan fingerprint density at radius 3 is 2.60 bits per heavy atom. The molecule has 0 aliphatic rings. The molecule has 0 bridgehead atoms. The number of hydrogen-bond acceptors (Lipinski definition) is 5. The van der Waals surface area contributed by atoms with Gasteiger partial charge >= 0.3 is 0 Å². The summed E-state index contributed by atoms with van der Waals surface area (Å²) in [5.74, 6) is 0.491. The van der Waals surface area contributed by atoms with E-state index in [2.05, 4.69) is 15.5 Å². The van der Waals surface area contributed by atoms with Gasteiger partial charge in [-0.25, -0.2) is 0 Å². The number of anilines is 1. The van der Waals surface area contributed by atoms with Crippen molar-refractivity contribution >= 4 is 46.1 Å². The Labute approximate surface area is 153 Å². The number of aromatic nitrogens is 2. The quantitative estimate of drug-likeness (QED) is 0.710. The van der Waals surface area contributed by atoms with Gasteiger partial charge in [-0.1, -0.05) is 53.3 Å². The van der Waals surface area contributed by atoms with E-state index in [-0.39, 0.29) is 5.91 Å². The predicted molar refractivity (Wildman–Crippen MR) is 101 cm³/mol. The van der Waals surface area contributed by atoms with Crippen molar-refractivity contribution in [1.82, 2.24) is 10.2 Å². The van der Waals surface area contributed by atoms with Gasteiger partial charge in [0.1, 0.15) is 10.8 Å². The molecule has 1 heterocycles. The molecule has 2 aromatic carbocycles. The van der Waals surface area contributed by atoms with E-state index in [1.54, 1.807) is 31.4 Å². The van der Waals surface area contributed by atoms with E-state index in [0.29, 0.717) is 20.7 Å². The van der Waals surface area contributed by atoms with Gasteiger partial charge in [0, 0.05) is 0 Å². The van der Waals surface area contributed by atoms with Crippen LogP contribution in [0.2, 0.25) is 5.02 Å². The lowest BCUT2D eigenvalue weighted by Gasteiger charge is -2.02. The molecule has 1 N–H and O–H groups in total. The Morgan fingerprint density at radius 1 is 1.12 bits per heavy atom. The first-order valence-electron chi connectivity index (χ1n) is 7.37. The minimum atomic E-state index is -0.313. The molecule has 3 rings (SSSR count). The lowest BCUT2D eigenvalue weighted by Crippen LogP contribution is -2.12. The zero-order chi connectivity index (χ0) is 17.6. The molecule has 0 saturated heterocycles. The second-order valence-corrected chi connectivity index (χ2v) is 6.40. The summed E-state index contributed by atoms with van der Waals surface area (Å²) >= 11 is 7.30. The monoisotopic (exact) mass is 371 g/mol. The van der Waals surface area contributed by atoms with Crippen LogP contribution < -0.4 is 10.1 Å². The molecular formula is C18H14ClN3O2S. The van der Waals surface area contributed by atoms with E-state index in [4.69, 9.17) is 16.3 Å². The van der Waals surface area contributed by atoms with E-state index < -0.39 is 0 Å². The average molecular weight is 372 g/mol. The third kappa shape index (κ3) is 4.43.